The smallest absolute Gasteiger partial charge is 0.146 e. The maximum absolute atomic E-state index is 6.41. The zero-order valence-corrected chi connectivity index (χ0v) is 19.1. The molecule has 2 aromatic carbocycles. The largest absolute Gasteiger partial charge is 0.359 e. The summed E-state index contributed by atoms with van der Waals surface area (Å²) in [6, 6.07) is 15.7. The van der Waals surface area contributed by atoms with Crippen molar-refractivity contribution < 1.29 is 9.47 Å². The Hall–Kier alpha value is -1.16. The van der Waals surface area contributed by atoms with Crippen LogP contribution >= 0.6 is 15.9 Å². The van der Waals surface area contributed by atoms with E-state index >= 15 is 0 Å². The van der Waals surface area contributed by atoms with Crippen LogP contribution in [0.15, 0.2) is 46.9 Å². The number of methoxy groups -OCH3 is 1. The van der Waals surface area contributed by atoms with Crippen LogP contribution in [0.1, 0.15) is 56.1 Å². The molecule has 0 aliphatic heterocycles. The van der Waals surface area contributed by atoms with Crippen molar-refractivity contribution in [1.29, 1.82) is 0 Å². The van der Waals surface area contributed by atoms with Crippen LogP contribution in [0.4, 0.5) is 0 Å². The Balaban J connectivity index is 1.62. The third-order valence-electron chi connectivity index (χ3n) is 8.04. The lowest BCUT2D eigenvalue weighted by Gasteiger charge is -2.53. The molecule has 2 aromatic rings. The summed E-state index contributed by atoms with van der Waals surface area (Å²) in [5.41, 5.74) is 6.23. The quantitative estimate of drug-likeness (QED) is 0.464. The maximum atomic E-state index is 6.41. The van der Waals surface area contributed by atoms with E-state index in [0.29, 0.717) is 18.1 Å². The lowest BCUT2D eigenvalue weighted by atomic mass is 9.54. The standard InChI is InChI=1S/C26H31BrO2/c1-26-14-4-7-22(26)21-13-10-18-5-3-6-20(17-8-11-19(27)12-9-17)24(18)25(21)23(15-26)29-16-28-2/h3,5-6,8-9,11-12,21-23,25H,4,7,10,13-16H2,1-2H3/t21-,22-,23-,25+,26-/m0/s1. The third kappa shape index (κ3) is 3.40. The van der Waals surface area contributed by atoms with Gasteiger partial charge >= 0.3 is 0 Å². The number of rotatable bonds is 4. The molecule has 3 aliphatic rings. The fraction of sp³-hybridized carbons (Fsp3) is 0.538. The minimum atomic E-state index is 0.245. The van der Waals surface area contributed by atoms with Gasteiger partial charge in [-0.05, 0) is 83.7 Å². The lowest BCUT2D eigenvalue weighted by molar-refractivity contribution is -0.131. The number of fused-ring (bicyclic) bond motifs is 5. The third-order valence-corrected chi connectivity index (χ3v) is 8.56. The molecule has 0 bridgehead atoms. The van der Waals surface area contributed by atoms with Crippen molar-refractivity contribution in [1.82, 2.24) is 0 Å². The highest BCUT2D eigenvalue weighted by Gasteiger charge is 2.54. The predicted octanol–water partition coefficient (Wildman–Crippen LogP) is 6.96. The van der Waals surface area contributed by atoms with E-state index in [1.807, 2.05) is 0 Å². The summed E-state index contributed by atoms with van der Waals surface area (Å²) in [4.78, 5) is 0. The average molecular weight is 455 g/mol. The molecule has 0 heterocycles. The van der Waals surface area contributed by atoms with Crippen molar-refractivity contribution in [2.75, 3.05) is 13.9 Å². The molecule has 0 amide bonds. The van der Waals surface area contributed by atoms with Gasteiger partial charge in [0.15, 0.2) is 0 Å². The minimum absolute atomic E-state index is 0.245. The first-order chi connectivity index (χ1) is 14.1. The number of hydrogen-bond acceptors (Lipinski definition) is 2. The lowest BCUT2D eigenvalue weighted by Crippen LogP contribution is -2.48. The summed E-state index contributed by atoms with van der Waals surface area (Å²) in [6.45, 7) is 2.92. The number of hydrogen-bond donors (Lipinski definition) is 0. The fourth-order valence-electron chi connectivity index (χ4n) is 6.88. The van der Waals surface area contributed by atoms with Gasteiger partial charge in [-0.25, -0.2) is 0 Å². The monoisotopic (exact) mass is 454 g/mol. The van der Waals surface area contributed by atoms with E-state index in [4.69, 9.17) is 9.47 Å². The van der Waals surface area contributed by atoms with Crippen LogP contribution in [-0.4, -0.2) is 20.0 Å². The van der Waals surface area contributed by atoms with Crippen LogP contribution in [0.25, 0.3) is 11.1 Å². The molecule has 0 N–H and O–H groups in total. The highest BCUT2D eigenvalue weighted by Crippen LogP contribution is 2.62. The summed E-state index contributed by atoms with van der Waals surface area (Å²) in [5, 5.41) is 0. The molecule has 0 unspecified atom stereocenters. The molecular formula is C26H31BrO2. The second kappa shape index (κ2) is 7.83. The van der Waals surface area contributed by atoms with Gasteiger partial charge < -0.3 is 9.47 Å². The Labute approximate surface area is 183 Å². The molecule has 0 saturated heterocycles. The minimum Gasteiger partial charge on any atom is -0.359 e. The normalized spacial score (nSPS) is 33.1. The molecule has 2 fully saturated rings. The number of ether oxygens (including phenoxy) is 2. The predicted molar refractivity (Wildman–Crippen MR) is 121 cm³/mol. The molecule has 0 aromatic heterocycles. The summed E-state index contributed by atoms with van der Waals surface area (Å²) in [7, 11) is 1.74. The molecule has 5 rings (SSSR count). The number of benzene rings is 2. The van der Waals surface area contributed by atoms with Crippen molar-refractivity contribution in [3.63, 3.8) is 0 Å². The Morgan fingerprint density at radius 1 is 1.10 bits per heavy atom. The molecule has 3 aliphatic carbocycles. The first kappa shape index (κ1) is 19.8. The van der Waals surface area contributed by atoms with Gasteiger partial charge in [-0.3, -0.25) is 0 Å². The van der Waals surface area contributed by atoms with Gasteiger partial charge in [-0.1, -0.05) is 59.6 Å². The highest BCUT2D eigenvalue weighted by molar-refractivity contribution is 9.10. The van der Waals surface area contributed by atoms with Gasteiger partial charge in [-0.2, -0.15) is 0 Å². The zero-order valence-electron chi connectivity index (χ0n) is 17.5. The molecule has 154 valence electrons. The van der Waals surface area contributed by atoms with Gasteiger partial charge in [0.1, 0.15) is 6.79 Å². The van der Waals surface area contributed by atoms with E-state index in [9.17, 15) is 0 Å². The first-order valence-corrected chi connectivity index (χ1v) is 11.9. The van der Waals surface area contributed by atoms with Crippen LogP contribution in [0.5, 0.6) is 0 Å². The molecule has 2 nitrogen and oxygen atoms in total. The van der Waals surface area contributed by atoms with Crippen LogP contribution in [0, 0.1) is 17.3 Å². The van der Waals surface area contributed by atoms with Crippen molar-refractivity contribution in [3.05, 3.63) is 58.1 Å². The molecule has 3 heteroatoms. The Morgan fingerprint density at radius 3 is 2.72 bits per heavy atom. The van der Waals surface area contributed by atoms with E-state index in [-0.39, 0.29) is 6.10 Å². The van der Waals surface area contributed by atoms with Gasteiger partial charge in [0.05, 0.1) is 6.10 Å². The van der Waals surface area contributed by atoms with E-state index in [1.165, 1.54) is 48.8 Å². The molecule has 0 spiro atoms. The molecular weight excluding hydrogens is 424 g/mol. The van der Waals surface area contributed by atoms with Crippen LogP contribution in [0.2, 0.25) is 0 Å². The average Bonchev–Trinajstić information content (AvgIpc) is 3.13. The van der Waals surface area contributed by atoms with Crippen molar-refractivity contribution in [2.24, 2.45) is 17.3 Å². The van der Waals surface area contributed by atoms with Crippen molar-refractivity contribution in [2.45, 2.75) is 57.5 Å². The second-order valence-electron chi connectivity index (χ2n) is 9.58. The second-order valence-corrected chi connectivity index (χ2v) is 10.5. The Bertz CT molecular complexity index is 877. The number of halogens is 1. The topological polar surface area (TPSA) is 18.5 Å². The SMILES string of the molecule is COCO[C@H]1C[C@]2(C)CCC[C@H]2[C@@H]2CCc3cccc(-c4ccc(Br)cc4)c3[C@H]21. The fourth-order valence-corrected chi connectivity index (χ4v) is 7.15. The zero-order chi connectivity index (χ0) is 20.0. The van der Waals surface area contributed by atoms with Crippen LogP contribution in [0.3, 0.4) is 0 Å². The Kier molecular flexibility index (Phi) is 5.34. The van der Waals surface area contributed by atoms with Crippen LogP contribution < -0.4 is 0 Å². The first-order valence-electron chi connectivity index (χ1n) is 11.1. The van der Waals surface area contributed by atoms with Gasteiger partial charge in [-0.15, -0.1) is 0 Å². The van der Waals surface area contributed by atoms with Crippen molar-refractivity contribution in [3.8, 4) is 11.1 Å². The molecule has 0 radical (unpaired) electrons. The van der Waals surface area contributed by atoms with E-state index < -0.39 is 0 Å². The number of aryl methyl sites for hydroxylation is 1. The Morgan fingerprint density at radius 2 is 1.93 bits per heavy atom. The van der Waals surface area contributed by atoms with Crippen LogP contribution in [-0.2, 0) is 15.9 Å². The highest BCUT2D eigenvalue weighted by atomic mass is 79.9. The van der Waals surface area contributed by atoms with Crippen molar-refractivity contribution >= 4 is 15.9 Å². The summed E-state index contributed by atoms with van der Waals surface area (Å²) < 4.78 is 12.9. The molecule has 2 saturated carbocycles. The summed E-state index contributed by atoms with van der Waals surface area (Å²) in [5.74, 6) is 2.04. The maximum Gasteiger partial charge on any atom is 0.146 e. The van der Waals surface area contributed by atoms with E-state index in [2.05, 4.69) is 65.3 Å². The summed E-state index contributed by atoms with van der Waals surface area (Å²) in [6.07, 6.45) is 8.03. The van der Waals surface area contributed by atoms with Gasteiger partial charge in [0.2, 0.25) is 0 Å². The summed E-state index contributed by atoms with van der Waals surface area (Å²) >= 11 is 3.59. The van der Waals surface area contributed by atoms with E-state index in [1.54, 1.807) is 12.7 Å². The van der Waals surface area contributed by atoms with E-state index in [0.717, 1.165) is 22.7 Å². The molecule has 5 atom stereocenters. The van der Waals surface area contributed by atoms with Gasteiger partial charge in [0.25, 0.3) is 0 Å². The molecule has 29 heavy (non-hydrogen) atoms. The van der Waals surface area contributed by atoms with Gasteiger partial charge in [0, 0.05) is 17.5 Å².